The maximum Gasteiger partial charge on any atom is 0.157 e. The average molecular weight is 228 g/mol. The molecule has 0 unspecified atom stereocenters. The second kappa shape index (κ2) is 4.61. The summed E-state index contributed by atoms with van der Waals surface area (Å²) in [6.45, 7) is 1.82. The van der Waals surface area contributed by atoms with E-state index in [4.69, 9.17) is 5.84 Å². The van der Waals surface area contributed by atoms with E-state index in [1.54, 1.807) is 6.07 Å². The molecule has 5 heteroatoms. The van der Waals surface area contributed by atoms with Gasteiger partial charge in [0.15, 0.2) is 6.34 Å². The molecule has 3 N–H and O–H groups in total. The van der Waals surface area contributed by atoms with E-state index in [-0.39, 0.29) is 5.75 Å². The largest absolute Gasteiger partial charge is 0.507 e. The summed E-state index contributed by atoms with van der Waals surface area (Å²) >= 11 is 0. The van der Waals surface area contributed by atoms with Crippen LogP contribution in [0.4, 0.5) is 5.69 Å². The summed E-state index contributed by atoms with van der Waals surface area (Å²) < 4.78 is 0. The monoisotopic (exact) mass is 228 g/mol. The topological polar surface area (TPSA) is 83.3 Å². The van der Waals surface area contributed by atoms with E-state index in [0.717, 1.165) is 22.7 Å². The number of hydrogen-bond acceptors (Lipinski definition) is 4. The molecule has 2 aromatic rings. The highest BCUT2D eigenvalue weighted by atomic mass is 16.3. The van der Waals surface area contributed by atoms with Crippen LogP contribution in [0.3, 0.4) is 0 Å². The number of phenols is 1. The van der Waals surface area contributed by atoms with Gasteiger partial charge < -0.3 is 10.9 Å². The van der Waals surface area contributed by atoms with Crippen molar-refractivity contribution in [2.24, 2.45) is 21.2 Å². The van der Waals surface area contributed by atoms with Crippen LogP contribution in [-0.2, 0) is 0 Å². The van der Waals surface area contributed by atoms with Crippen LogP contribution in [0.25, 0.3) is 10.8 Å². The highest BCUT2D eigenvalue weighted by Gasteiger charge is 2.07. The first-order valence-electron chi connectivity index (χ1n) is 5.08. The van der Waals surface area contributed by atoms with Gasteiger partial charge in [-0.1, -0.05) is 24.3 Å². The van der Waals surface area contributed by atoms with Gasteiger partial charge in [0.2, 0.25) is 0 Å². The molecular weight excluding hydrogens is 216 g/mol. The third-order valence-corrected chi connectivity index (χ3v) is 2.47. The van der Waals surface area contributed by atoms with Crippen molar-refractivity contribution >= 4 is 22.8 Å². The number of hydrazone groups is 1. The van der Waals surface area contributed by atoms with Crippen molar-refractivity contribution < 1.29 is 5.11 Å². The molecule has 5 nitrogen and oxygen atoms in total. The summed E-state index contributed by atoms with van der Waals surface area (Å²) in [5, 5.41) is 22.5. The van der Waals surface area contributed by atoms with E-state index in [2.05, 4.69) is 15.3 Å². The highest BCUT2D eigenvalue weighted by molar-refractivity contribution is 5.97. The summed E-state index contributed by atoms with van der Waals surface area (Å²) in [6, 6.07) is 9.23. The van der Waals surface area contributed by atoms with Crippen LogP contribution >= 0.6 is 0 Å². The standard InChI is InChI=1S/C12H12N4O/c1-8-6-11(16-15-7-14-13)9-4-2-3-5-10(9)12(8)17/h2-7,17H,13H2,1H3. The fraction of sp³-hybridized carbons (Fsp3) is 0.0833. The third kappa shape index (κ3) is 2.08. The quantitative estimate of drug-likeness (QED) is 0.272. The first kappa shape index (κ1) is 11.1. The maximum atomic E-state index is 9.94. The zero-order valence-electron chi connectivity index (χ0n) is 9.33. The Morgan fingerprint density at radius 3 is 2.65 bits per heavy atom. The fourth-order valence-electron chi connectivity index (χ4n) is 1.68. The Bertz CT molecular complexity index is 605. The van der Waals surface area contributed by atoms with Crippen LogP contribution in [0.1, 0.15) is 5.56 Å². The number of nitrogens with zero attached hydrogens (tertiary/aromatic N) is 3. The van der Waals surface area contributed by atoms with Crippen molar-refractivity contribution in [3.05, 3.63) is 35.9 Å². The molecule has 0 aromatic heterocycles. The molecule has 0 amide bonds. The van der Waals surface area contributed by atoms with Crippen molar-refractivity contribution in [2.75, 3.05) is 0 Å². The molecule has 0 aliphatic rings. The first-order valence-corrected chi connectivity index (χ1v) is 5.08. The number of benzene rings is 2. The Hall–Kier alpha value is -2.43. The minimum Gasteiger partial charge on any atom is -0.507 e. The molecule has 86 valence electrons. The zero-order chi connectivity index (χ0) is 12.3. The van der Waals surface area contributed by atoms with Gasteiger partial charge in [-0.15, -0.1) is 10.2 Å². The van der Waals surface area contributed by atoms with Gasteiger partial charge in [0.1, 0.15) is 5.75 Å². The molecule has 0 bridgehead atoms. The fourth-order valence-corrected chi connectivity index (χ4v) is 1.68. The van der Waals surface area contributed by atoms with Crippen molar-refractivity contribution in [3.63, 3.8) is 0 Å². The van der Waals surface area contributed by atoms with E-state index < -0.39 is 0 Å². The number of rotatable bonds is 2. The molecule has 17 heavy (non-hydrogen) atoms. The zero-order valence-corrected chi connectivity index (χ0v) is 9.33. The summed E-state index contributed by atoms with van der Waals surface area (Å²) in [4.78, 5) is 0. The lowest BCUT2D eigenvalue weighted by molar-refractivity contribution is 0.477. The van der Waals surface area contributed by atoms with Crippen LogP contribution in [0.2, 0.25) is 0 Å². The number of fused-ring (bicyclic) bond motifs is 1. The second-order valence-corrected chi connectivity index (χ2v) is 3.59. The average Bonchev–Trinajstić information content (AvgIpc) is 2.36. The van der Waals surface area contributed by atoms with E-state index in [1.807, 2.05) is 31.2 Å². The third-order valence-electron chi connectivity index (χ3n) is 2.47. The van der Waals surface area contributed by atoms with Crippen molar-refractivity contribution in [2.45, 2.75) is 6.92 Å². The van der Waals surface area contributed by atoms with Crippen LogP contribution in [0.15, 0.2) is 45.7 Å². The number of aryl methyl sites for hydroxylation is 1. The molecule has 0 atom stereocenters. The Morgan fingerprint density at radius 1 is 1.24 bits per heavy atom. The smallest absolute Gasteiger partial charge is 0.157 e. The lowest BCUT2D eigenvalue weighted by atomic mass is 10.0. The van der Waals surface area contributed by atoms with Gasteiger partial charge in [0.05, 0.1) is 5.69 Å². The van der Waals surface area contributed by atoms with E-state index in [9.17, 15) is 5.11 Å². The lowest BCUT2D eigenvalue weighted by Crippen LogP contribution is -1.81. The Morgan fingerprint density at radius 2 is 1.94 bits per heavy atom. The minimum atomic E-state index is 0.270. The Kier molecular flexibility index (Phi) is 3.00. The molecule has 2 aromatic carbocycles. The molecule has 0 saturated carbocycles. The van der Waals surface area contributed by atoms with Gasteiger partial charge in [-0.2, -0.15) is 5.10 Å². The molecule has 0 aliphatic carbocycles. The molecule has 0 heterocycles. The Balaban J connectivity index is 2.67. The van der Waals surface area contributed by atoms with Gasteiger partial charge >= 0.3 is 0 Å². The predicted molar refractivity (Wildman–Crippen MR) is 67.5 cm³/mol. The number of hydrogen-bond donors (Lipinski definition) is 2. The van der Waals surface area contributed by atoms with E-state index in [1.165, 1.54) is 0 Å². The van der Waals surface area contributed by atoms with Crippen molar-refractivity contribution in [1.29, 1.82) is 0 Å². The first-order chi connectivity index (χ1) is 8.24. The highest BCUT2D eigenvalue weighted by Crippen LogP contribution is 2.35. The number of phenolic OH excluding ortho intramolecular Hbond substituents is 1. The summed E-state index contributed by atoms with van der Waals surface area (Å²) in [7, 11) is 0. The summed E-state index contributed by atoms with van der Waals surface area (Å²) in [5.41, 5.74) is 1.43. The normalized spacial score (nSPS) is 11.8. The van der Waals surface area contributed by atoms with Crippen molar-refractivity contribution in [3.8, 4) is 5.75 Å². The summed E-state index contributed by atoms with van der Waals surface area (Å²) in [6.07, 6.45) is 1.16. The molecule has 2 rings (SSSR count). The minimum absolute atomic E-state index is 0.270. The van der Waals surface area contributed by atoms with Crippen molar-refractivity contribution in [1.82, 2.24) is 0 Å². The SMILES string of the molecule is Cc1cc(N=NC=NN)c2ccccc2c1O. The number of nitrogens with two attached hydrogens (primary N) is 1. The van der Waals surface area contributed by atoms with Crippen LogP contribution in [-0.4, -0.2) is 11.4 Å². The molecule has 0 saturated heterocycles. The van der Waals surface area contributed by atoms with Gasteiger partial charge in [-0.05, 0) is 18.6 Å². The van der Waals surface area contributed by atoms with Gasteiger partial charge in [-0.25, -0.2) is 0 Å². The number of aromatic hydroxyl groups is 1. The van der Waals surface area contributed by atoms with Crippen LogP contribution in [0, 0.1) is 6.92 Å². The van der Waals surface area contributed by atoms with Gasteiger partial charge in [0.25, 0.3) is 0 Å². The molecular formula is C12H12N4O. The van der Waals surface area contributed by atoms with Gasteiger partial charge in [-0.3, -0.25) is 0 Å². The second-order valence-electron chi connectivity index (χ2n) is 3.59. The maximum absolute atomic E-state index is 9.94. The van der Waals surface area contributed by atoms with Crippen LogP contribution < -0.4 is 5.84 Å². The molecule has 0 fully saturated rings. The summed E-state index contributed by atoms with van der Waals surface area (Å²) in [5.74, 6) is 5.21. The van der Waals surface area contributed by atoms with Crippen LogP contribution in [0.5, 0.6) is 5.75 Å². The molecule has 0 radical (unpaired) electrons. The Labute approximate surface area is 98.3 Å². The number of azo groups is 1. The molecule has 0 spiro atoms. The van der Waals surface area contributed by atoms with Gasteiger partial charge in [0, 0.05) is 10.8 Å². The lowest BCUT2D eigenvalue weighted by Gasteiger charge is -2.06. The van der Waals surface area contributed by atoms with E-state index >= 15 is 0 Å². The molecule has 0 aliphatic heterocycles. The van der Waals surface area contributed by atoms with E-state index in [0.29, 0.717) is 5.69 Å². The predicted octanol–water partition coefficient (Wildman–Crippen LogP) is 2.84.